The van der Waals surface area contributed by atoms with Gasteiger partial charge in [0.1, 0.15) is 0 Å². The van der Waals surface area contributed by atoms with Gasteiger partial charge in [-0.25, -0.2) is 0 Å². The van der Waals surface area contributed by atoms with E-state index in [1.807, 2.05) is 6.92 Å². The summed E-state index contributed by atoms with van der Waals surface area (Å²) < 4.78 is 0. The van der Waals surface area contributed by atoms with Gasteiger partial charge >= 0.3 is 0 Å². The number of nitrogens with one attached hydrogen (secondary N) is 2. The highest BCUT2D eigenvalue weighted by molar-refractivity contribution is 5.81. The quantitative estimate of drug-likeness (QED) is 0.763. The molecule has 1 amide bonds. The third-order valence-corrected chi connectivity index (χ3v) is 4.03. The van der Waals surface area contributed by atoms with Crippen LogP contribution in [0.15, 0.2) is 0 Å². The predicted molar refractivity (Wildman–Crippen MR) is 68.9 cm³/mol. The third-order valence-electron chi connectivity index (χ3n) is 4.03. The Morgan fingerprint density at radius 2 is 2.12 bits per heavy atom. The second-order valence-electron chi connectivity index (χ2n) is 5.52. The van der Waals surface area contributed by atoms with E-state index in [1.54, 1.807) is 0 Å². The lowest BCUT2D eigenvalue weighted by molar-refractivity contribution is -0.127. The smallest absolute Gasteiger partial charge is 0.237 e. The van der Waals surface area contributed by atoms with Crippen molar-refractivity contribution in [3.05, 3.63) is 0 Å². The Hall–Kier alpha value is -0.610. The Morgan fingerprint density at radius 3 is 2.76 bits per heavy atom. The number of hydrogen-bond acceptors (Lipinski definition) is 3. The molecular formula is C13H25N3O. The van der Waals surface area contributed by atoms with E-state index in [0.717, 1.165) is 32.5 Å². The summed E-state index contributed by atoms with van der Waals surface area (Å²) in [5.74, 6) is 0.214. The van der Waals surface area contributed by atoms with Gasteiger partial charge in [-0.2, -0.15) is 0 Å². The Balaban J connectivity index is 1.80. The molecule has 0 radical (unpaired) electrons. The van der Waals surface area contributed by atoms with Gasteiger partial charge in [0.15, 0.2) is 0 Å². The molecule has 1 aliphatic heterocycles. The Morgan fingerprint density at radius 1 is 1.41 bits per heavy atom. The lowest BCUT2D eigenvalue weighted by atomic mass is 10.1. The van der Waals surface area contributed by atoms with Crippen molar-refractivity contribution in [1.29, 1.82) is 0 Å². The second kappa shape index (κ2) is 5.83. The van der Waals surface area contributed by atoms with Crippen molar-refractivity contribution in [3.63, 3.8) is 0 Å². The van der Waals surface area contributed by atoms with Crippen molar-refractivity contribution in [3.8, 4) is 0 Å². The van der Waals surface area contributed by atoms with Crippen molar-refractivity contribution < 1.29 is 4.79 Å². The molecule has 2 aliphatic rings. The maximum atomic E-state index is 12.1. The number of carbonyl (C=O) groups is 1. The number of piperazine rings is 1. The molecular weight excluding hydrogens is 214 g/mol. The fourth-order valence-corrected chi connectivity index (χ4v) is 2.87. The molecule has 2 rings (SSSR count). The van der Waals surface area contributed by atoms with E-state index in [-0.39, 0.29) is 11.9 Å². The summed E-state index contributed by atoms with van der Waals surface area (Å²) in [6, 6.07) is 0.941. The molecule has 1 heterocycles. The highest BCUT2D eigenvalue weighted by atomic mass is 16.2. The zero-order valence-electron chi connectivity index (χ0n) is 11.0. The normalized spacial score (nSPS) is 29.2. The average Bonchev–Trinajstić information content (AvgIpc) is 2.80. The van der Waals surface area contributed by atoms with Gasteiger partial charge < -0.3 is 10.6 Å². The highest BCUT2D eigenvalue weighted by Crippen LogP contribution is 2.18. The van der Waals surface area contributed by atoms with Crippen LogP contribution in [-0.4, -0.2) is 48.6 Å². The van der Waals surface area contributed by atoms with Crippen molar-refractivity contribution in [2.24, 2.45) is 0 Å². The standard InChI is InChI=1S/C13H25N3O/c1-10-9-16(8-7-14-10)11(2)13(17)15-12-5-3-4-6-12/h10-12,14H,3-9H2,1-2H3,(H,15,17)/t10-,11?/m1/s1. The first kappa shape index (κ1) is 12.8. The van der Waals surface area contributed by atoms with E-state index >= 15 is 0 Å². The van der Waals surface area contributed by atoms with Crippen molar-refractivity contribution in [2.45, 2.75) is 57.7 Å². The molecule has 4 heteroatoms. The van der Waals surface area contributed by atoms with Gasteiger partial charge in [-0.15, -0.1) is 0 Å². The van der Waals surface area contributed by atoms with E-state index in [2.05, 4.69) is 22.5 Å². The molecule has 2 fully saturated rings. The SMILES string of the molecule is CC(C(=O)NC1CCCC1)N1CCN[C@H](C)C1. The monoisotopic (exact) mass is 239 g/mol. The Kier molecular flexibility index (Phi) is 4.40. The summed E-state index contributed by atoms with van der Waals surface area (Å²) >= 11 is 0. The second-order valence-corrected chi connectivity index (χ2v) is 5.52. The van der Waals surface area contributed by atoms with Crippen LogP contribution in [0.3, 0.4) is 0 Å². The third kappa shape index (κ3) is 3.42. The molecule has 0 aromatic rings. The maximum Gasteiger partial charge on any atom is 0.237 e. The summed E-state index contributed by atoms with van der Waals surface area (Å²) in [5.41, 5.74) is 0. The number of amides is 1. The van der Waals surface area contributed by atoms with Crippen molar-refractivity contribution in [2.75, 3.05) is 19.6 Å². The molecule has 2 atom stereocenters. The van der Waals surface area contributed by atoms with Crippen molar-refractivity contribution in [1.82, 2.24) is 15.5 Å². The molecule has 17 heavy (non-hydrogen) atoms. The highest BCUT2D eigenvalue weighted by Gasteiger charge is 2.27. The molecule has 0 aromatic heterocycles. The fraction of sp³-hybridized carbons (Fsp3) is 0.923. The largest absolute Gasteiger partial charge is 0.352 e. The van der Waals surface area contributed by atoms with Gasteiger partial charge in [0.2, 0.25) is 5.91 Å². The first-order valence-electron chi connectivity index (χ1n) is 6.94. The van der Waals surface area contributed by atoms with E-state index < -0.39 is 0 Å². The topological polar surface area (TPSA) is 44.4 Å². The summed E-state index contributed by atoms with van der Waals surface area (Å²) in [7, 11) is 0. The maximum absolute atomic E-state index is 12.1. The Bertz CT molecular complexity index is 263. The number of carbonyl (C=O) groups excluding carboxylic acids is 1. The van der Waals surface area contributed by atoms with Crippen LogP contribution in [0.1, 0.15) is 39.5 Å². The lowest BCUT2D eigenvalue weighted by Crippen LogP contribution is -2.56. The first-order chi connectivity index (χ1) is 8.16. The average molecular weight is 239 g/mol. The summed E-state index contributed by atoms with van der Waals surface area (Å²) in [6.07, 6.45) is 4.86. The number of hydrogen-bond donors (Lipinski definition) is 2. The van der Waals surface area contributed by atoms with Crippen molar-refractivity contribution >= 4 is 5.91 Å². The molecule has 2 N–H and O–H groups in total. The molecule has 0 spiro atoms. The van der Waals surface area contributed by atoms with E-state index in [0.29, 0.717) is 12.1 Å². The van der Waals surface area contributed by atoms with Crippen LogP contribution in [0.2, 0.25) is 0 Å². The van der Waals surface area contributed by atoms with Crippen LogP contribution in [0, 0.1) is 0 Å². The molecule has 1 aliphatic carbocycles. The Labute approximate surface area is 104 Å². The minimum atomic E-state index is 0.0140. The molecule has 0 bridgehead atoms. The summed E-state index contributed by atoms with van der Waals surface area (Å²) in [4.78, 5) is 14.4. The summed E-state index contributed by atoms with van der Waals surface area (Å²) in [6.45, 7) is 7.14. The van der Waals surface area contributed by atoms with Gasteiger partial charge in [-0.1, -0.05) is 12.8 Å². The fourth-order valence-electron chi connectivity index (χ4n) is 2.87. The summed E-state index contributed by atoms with van der Waals surface area (Å²) in [5, 5.41) is 6.60. The van der Waals surface area contributed by atoms with E-state index in [9.17, 15) is 4.79 Å². The molecule has 4 nitrogen and oxygen atoms in total. The van der Waals surface area contributed by atoms with Gasteiger partial charge in [0.25, 0.3) is 0 Å². The lowest BCUT2D eigenvalue weighted by Gasteiger charge is -2.35. The predicted octanol–water partition coefficient (Wildman–Crippen LogP) is 0.727. The van der Waals surface area contributed by atoms with Gasteiger partial charge in [-0.3, -0.25) is 9.69 Å². The molecule has 98 valence electrons. The van der Waals surface area contributed by atoms with Gasteiger partial charge in [-0.05, 0) is 26.7 Å². The van der Waals surface area contributed by atoms with Crippen LogP contribution in [0.5, 0.6) is 0 Å². The van der Waals surface area contributed by atoms with Crippen LogP contribution in [0.25, 0.3) is 0 Å². The van der Waals surface area contributed by atoms with Crippen LogP contribution < -0.4 is 10.6 Å². The molecule has 1 saturated heterocycles. The van der Waals surface area contributed by atoms with E-state index in [1.165, 1.54) is 12.8 Å². The van der Waals surface area contributed by atoms with Crippen LogP contribution in [0.4, 0.5) is 0 Å². The molecule has 1 unspecified atom stereocenters. The molecule has 0 aromatic carbocycles. The zero-order valence-corrected chi connectivity index (χ0v) is 11.0. The van der Waals surface area contributed by atoms with Crippen LogP contribution in [-0.2, 0) is 4.79 Å². The van der Waals surface area contributed by atoms with E-state index in [4.69, 9.17) is 0 Å². The van der Waals surface area contributed by atoms with Crippen LogP contribution >= 0.6 is 0 Å². The minimum Gasteiger partial charge on any atom is -0.352 e. The zero-order chi connectivity index (χ0) is 12.3. The first-order valence-corrected chi connectivity index (χ1v) is 6.94. The minimum absolute atomic E-state index is 0.0140. The number of nitrogens with zero attached hydrogens (tertiary/aromatic N) is 1. The molecule has 1 saturated carbocycles. The van der Waals surface area contributed by atoms with Gasteiger partial charge in [0, 0.05) is 31.7 Å². The number of rotatable bonds is 3. The van der Waals surface area contributed by atoms with Gasteiger partial charge in [0.05, 0.1) is 6.04 Å².